The Morgan fingerprint density at radius 2 is 1.70 bits per heavy atom. The fraction of sp³-hybridized carbons (Fsp3) is 0.375. The summed E-state index contributed by atoms with van der Waals surface area (Å²) in [4.78, 5) is 15.8. The number of carbonyl (C=O) groups is 1. The molecular formula is C24H26N4O2. The Balaban J connectivity index is 1.35. The van der Waals surface area contributed by atoms with Crippen molar-refractivity contribution >= 4 is 5.91 Å². The number of nitrogens with zero attached hydrogens (tertiary/aromatic N) is 4. The lowest BCUT2D eigenvalue weighted by Gasteiger charge is -2.39. The van der Waals surface area contributed by atoms with Crippen molar-refractivity contribution in [3.8, 4) is 11.3 Å². The van der Waals surface area contributed by atoms with E-state index in [1.165, 1.54) is 0 Å². The zero-order valence-electron chi connectivity index (χ0n) is 17.0. The van der Waals surface area contributed by atoms with Crippen LogP contribution in [0.15, 0.2) is 66.9 Å². The molecule has 6 nitrogen and oxygen atoms in total. The van der Waals surface area contributed by atoms with Crippen LogP contribution in [0.1, 0.15) is 30.9 Å². The van der Waals surface area contributed by atoms with E-state index in [0.29, 0.717) is 19.8 Å². The van der Waals surface area contributed by atoms with Gasteiger partial charge in [0.15, 0.2) is 0 Å². The maximum absolute atomic E-state index is 13.8. The van der Waals surface area contributed by atoms with Gasteiger partial charge in [0, 0.05) is 31.9 Å². The number of rotatable bonds is 4. The van der Waals surface area contributed by atoms with Gasteiger partial charge in [-0.3, -0.25) is 4.79 Å². The van der Waals surface area contributed by atoms with Crippen LogP contribution in [0.2, 0.25) is 0 Å². The number of carbonyl (C=O) groups excluding carboxylic acids is 1. The first-order chi connectivity index (χ1) is 14.8. The van der Waals surface area contributed by atoms with E-state index in [9.17, 15) is 4.79 Å². The van der Waals surface area contributed by atoms with Crippen LogP contribution >= 0.6 is 0 Å². The van der Waals surface area contributed by atoms with Gasteiger partial charge in [-0.25, -0.2) is 4.68 Å². The summed E-state index contributed by atoms with van der Waals surface area (Å²) in [5.74, 6) is 0.225. The third-order valence-corrected chi connectivity index (χ3v) is 6.49. The summed E-state index contributed by atoms with van der Waals surface area (Å²) in [5, 5.41) is 8.71. The minimum absolute atomic E-state index is 0.159. The molecule has 1 unspecified atom stereocenters. The standard InChI is InChI=1S/C24H26N4O2/c29-23(24(12-15-30-16-13-24)20-9-5-2-6-10-20)27-14-11-21(17-27)28-18-22(25-26-28)19-7-3-1-4-8-19/h1-10,18,21H,11-17H2. The number of ether oxygens (including phenoxy) is 1. The molecule has 3 aromatic rings. The highest BCUT2D eigenvalue weighted by atomic mass is 16.5. The van der Waals surface area contributed by atoms with E-state index in [1.807, 2.05) is 64.3 Å². The number of benzene rings is 2. The van der Waals surface area contributed by atoms with Crippen LogP contribution in [-0.2, 0) is 14.9 Å². The minimum Gasteiger partial charge on any atom is -0.381 e. The molecule has 3 heterocycles. The van der Waals surface area contributed by atoms with Crippen molar-refractivity contribution in [3.05, 3.63) is 72.4 Å². The highest BCUT2D eigenvalue weighted by Crippen LogP contribution is 2.38. The average Bonchev–Trinajstić information content (AvgIpc) is 3.50. The molecule has 6 heteroatoms. The second-order valence-electron chi connectivity index (χ2n) is 8.20. The summed E-state index contributed by atoms with van der Waals surface area (Å²) in [5.41, 5.74) is 2.55. The van der Waals surface area contributed by atoms with Gasteiger partial charge >= 0.3 is 0 Å². The number of likely N-dealkylation sites (tertiary alicyclic amines) is 1. The summed E-state index contributed by atoms with van der Waals surface area (Å²) >= 11 is 0. The molecule has 2 saturated heterocycles. The van der Waals surface area contributed by atoms with Gasteiger partial charge in [-0.2, -0.15) is 0 Å². The Kier molecular flexibility index (Phi) is 5.09. The second kappa shape index (κ2) is 8.03. The molecule has 1 atom stereocenters. The molecule has 1 aromatic heterocycles. The van der Waals surface area contributed by atoms with Crippen molar-refractivity contribution < 1.29 is 9.53 Å². The SMILES string of the molecule is O=C(N1CCC(n2cc(-c3ccccc3)nn2)C1)C1(c2ccccc2)CCOCC1. The number of hydrogen-bond acceptors (Lipinski definition) is 4. The number of hydrogen-bond donors (Lipinski definition) is 0. The quantitative estimate of drug-likeness (QED) is 0.671. The summed E-state index contributed by atoms with van der Waals surface area (Å²) in [6, 6.07) is 20.4. The first-order valence-electron chi connectivity index (χ1n) is 10.7. The van der Waals surface area contributed by atoms with E-state index in [4.69, 9.17) is 4.74 Å². The van der Waals surface area contributed by atoms with Crippen LogP contribution in [0.4, 0.5) is 0 Å². The van der Waals surface area contributed by atoms with Gasteiger partial charge in [0.2, 0.25) is 5.91 Å². The number of aromatic nitrogens is 3. The molecule has 0 bridgehead atoms. The van der Waals surface area contributed by atoms with Gasteiger partial charge in [-0.05, 0) is 24.8 Å². The van der Waals surface area contributed by atoms with E-state index >= 15 is 0 Å². The second-order valence-corrected chi connectivity index (χ2v) is 8.20. The Bertz CT molecular complexity index is 996. The third-order valence-electron chi connectivity index (χ3n) is 6.49. The lowest BCUT2D eigenvalue weighted by molar-refractivity contribution is -0.140. The topological polar surface area (TPSA) is 60.2 Å². The van der Waals surface area contributed by atoms with Gasteiger partial charge in [-0.15, -0.1) is 5.10 Å². The first kappa shape index (κ1) is 19.0. The van der Waals surface area contributed by atoms with Crippen molar-refractivity contribution in [1.82, 2.24) is 19.9 Å². The molecule has 2 fully saturated rings. The molecule has 1 amide bonds. The van der Waals surface area contributed by atoms with E-state index in [2.05, 4.69) is 22.4 Å². The molecule has 0 aliphatic carbocycles. The highest BCUT2D eigenvalue weighted by molar-refractivity contribution is 5.88. The zero-order valence-corrected chi connectivity index (χ0v) is 17.0. The molecule has 2 aliphatic heterocycles. The Morgan fingerprint density at radius 1 is 1.00 bits per heavy atom. The summed E-state index contributed by atoms with van der Waals surface area (Å²) in [6.07, 6.45) is 4.36. The fourth-order valence-electron chi connectivity index (χ4n) is 4.74. The van der Waals surface area contributed by atoms with Crippen LogP contribution in [0, 0.1) is 0 Å². The smallest absolute Gasteiger partial charge is 0.233 e. The molecule has 5 rings (SSSR count). The van der Waals surface area contributed by atoms with Crippen LogP contribution in [-0.4, -0.2) is 52.1 Å². The monoisotopic (exact) mass is 402 g/mol. The van der Waals surface area contributed by atoms with E-state index in [-0.39, 0.29) is 11.9 Å². The average molecular weight is 402 g/mol. The lowest BCUT2D eigenvalue weighted by atomic mass is 9.73. The van der Waals surface area contributed by atoms with Crippen molar-refractivity contribution in [1.29, 1.82) is 0 Å². The lowest BCUT2D eigenvalue weighted by Crippen LogP contribution is -2.49. The fourth-order valence-corrected chi connectivity index (χ4v) is 4.74. The van der Waals surface area contributed by atoms with Crippen molar-refractivity contribution in [2.24, 2.45) is 0 Å². The molecule has 0 radical (unpaired) electrons. The third kappa shape index (κ3) is 3.41. The molecule has 30 heavy (non-hydrogen) atoms. The van der Waals surface area contributed by atoms with Gasteiger partial charge in [0.25, 0.3) is 0 Å². The Morgan fingerprint density at radius 3 is 2.43 bits per heavy atom. The predicted molar refractivity (Wildman–Crippen MR) is 114 cm³/mol. The van der Waals surface area contributed by atoms with Crippen LogP contribution in [0.5, 0.6) is 0 Å². The van der Waals surface area contributed by atoms with Crippen LogP contribution < -0.4 is 0 Å². The molecular weight excluding hydrogens is 376 g/mol. The van der Waals surface area contributed by atoms with Gasteiger partial charge in [0.1, 0.15) is 5.69 Å². The molecule has 0 spiro atoms. The Hall–Kier alpha value is -2.99. The minimum atomic E-state index is -0.480. The molecule has 2 aliphatic rings. The molecule has 0 N–H and O–H groups in total. The zero-order chi connectivity index (χ0) is 20.4. The summed E-state index contributed by atoms with van der Waals surface area (Å²) < 4.78 is 7.53. The van der Waals surface area contributed by atoms with Crippen molar-refractivity contribution in [2.75, 3.05) is 26.3 Å². The molecule has 154 valence electrons. The summed E-state index contributed by atoms with van der Waals surface area (Å²) in [6.45, 7) is 2.67. The largest absolute Gasteiger partial charge is 0.381 e. The predicted octanol–water partition coefficient (Wildman–Crippen LogP) is 3.47. The van der Waals surface area contributed by atoms with Gasteiger partial charge in [-0.1, -0.05) is 65.9 Å². The Labute approximate surface area is 176 Å². The summed E-state index contributed by atoms with van der Waals surface area (Å²) in [7, 11) is 0. The van der Waals surface area contributed by atoms with E-state index in [1.54, 1.807) is 0 Å². The van der Waals surface area contributed by atoms with E-state index < -0.39 is 5.41 Å². The maximum atomic E-state index is 13.8. The van der Waals surface area contributed by atoms with Crippen LogP contribution in [0.25, 0.3) is 11.3 Å². The van der Waals surface area contributed by atoms with Crippen molar-refractivity contribution in [2.45, 2.75) is 30.7 Å². The highest BCUT2D eigenvalue weighted by Gasteiger charge is 2.45. The maximum Gasteiger partial charge on any atom is 0.233 e. The van der Waals surface area contributed by atoms with Gasteiger partial charge < -0.3 is 9.64 Å². The first-order valence-corrected chi connectivity index (χ1v) is 10.7. The normalized spacial score (nSPS) is 20.9. The van der Waals surface area contributed by atoms with Crippen molar-refractivity contribution in [3.63, 3.8) is 0 Å². The molecule has 0 saturated carbocycles. The van der Waals surface area contributed by atoms with Gasteiger partial charge in [0.05, 0.1) is 17.7 Å². The van der Waals surface area contributed by atoms with Crippen LogP contribution in [0.3, 0.4) is 0 Å². The number of amides is 1. The molecule has 2 aromatic carbocycles. The van der Waals surface area contributed by atoms with E-state index in [0.717, 1.165) is 42.6 Å².